The van der Waals surface area contributed by atoms with E-state index in [1.165, 1.54) is 0 Å². The fourth-order valence-electron chi connectivity index (χ4n) is 1.60. The van der Waals surface area contributed by atoms with Crippen LogP contribution in [0.1, 0.15) is 34.6 Å². The van der Waals surface area contributed by atoms with Crippen molar-refractivity contribution in [2.45, 2.75) is 46.3 Å². The number of rotatable bonds is 4. The Balaban J connectivity index is 2.73. The Morgan fingerprint density at radius 1 is 1.30 bits per heavy atom. The van der Waals surface area contributed by atoms with Crippen LogP contribution in [0, 0.1) is 0 Å². The van der Waals surface area contributed by atoms with Gasteiger partial charge < -0.3 is 15.4 Å². The SMILES string of the molecule is CC(=NC(=O)Nc1cccc(Cl)c1)C(C)(C)NC(=O)OC(C)C. The van der Waals surface area contributed by atoms with Crippen LogP contribution < -0.4 is 10.6 Å². The van der Waals surface area contributed by atoms with Gasteiger partial charge in [0.05, 0.1) is 11.6 Å². The average Bonchev–Trinajstić information content (AvgIpc) is 2.36. The summed E-state index contributed by atoms with van der Waals surface area (Å²) in [5.74, 6) is 0. The summed E-state index contributed by atoms with van der Waals surface area (Å²) in [4.78, 5) is 27.6. The molecule has 0 saturated heterocycles. The number of amides is 3. The molecule has 126 valence electrons. The van der Waals surface area contributed by atoms with E-state index in [-0.39, 0.29) is 6.10 Å². The molecule has 0 fully saturated rings. The zero-order valence-electron chi connectivity index (χ0n) is 13.9. The van der Waals surface area contributed by atoms with E-state index in [2.05, 4.69) is 15.6 Å². The molecule has 1 rings (SSSR count). The highest BCUT2D eigenvalue weighted by molar-refractivity contribution is 6.30. The minimum Gasteiger partial charge on any atom is -0.447 e. The van der Waals surface area contributed by atoms with Crippen LogP contribution in [0.4, 0.5) is 15.3 Å². The molecule has 0 atom stereocenters. The van der Waals surface area contributed by atoms with Crippen molar-refractivity contribution in [1.29, 1.82) is 0 Å². The largest absolute Gasteiger partial charge is 0.447 e. The van der Waals surface area contributed by atoms with Crippen LogP contribution in [0.5, 0.6) is 0 Å². The van der Waals surface area contributed by atoms with Gasteiger partial charge in [0.25, 0.3) is 0 Å². The van der Waals surface area contributed by atoms with Crippen LogP contribution in [0.15, 0.2) is 29.3 Å². The van der Waals surface area contributed by atoms with Gasteiger partial charge in [0.2, 0.25) is 0 Å². The maximum atomic E-state index is 12.0. The molecule has 1 aromatic carbocycles. The zero-order chi connectivity index (χ0) is 17.6. The molecule has 3 amide bonds. The topological polar surface area (TPSA) is 79.8 Å². The third-order valence-electron chi connectivity index (χ3n) is 3.01. The van der Waals surface area contributed by atoms with Crippen LogP contribution in [0.2, 0.25) is 5.02 Å². The fraction of sp³-hybridized carbons (Fsp3) is 0.438. The van der Waals surface area contributed by atoms with Gasteiger partial charge in [-0.1, -0.05) is 17.7 Å². The number of nitrogens with zero attached hydrogens (tertiary/aromatic N) is 1. The summed E-state index contributed by atoms with van der Waals surface area (Å²) in [6.45, 7) is 8.64. The molecule has 0 saturated carbocycles. The van der Waals surface area contributed by atoms with E-state index in [1.807, 2.05) is 0 Å². The molecular weight excluding hydrogens is 318 g/mol. The van der Waals surface area contributed by atoms with Crippen LogP contribution >= 0.6 is 11.6 Å². The number of aliphatic imine (C=N–C) groups is 1. The monoisotopic (exact) mass is 339 g/mol. The van der Waals surface area contributed by atoms with Crippen LogP contribution in [-0.4, -0.2) is 29.5 Å². The second-order valence-corrected chi connectivity index (χ2v) is 6.28. The summed E-state index contributed by atoms with van der Waals surface area (Å²) in [5.41, 5.74) is 0.166. The van der Waals surface area contributed by atoms with Crippen molar-refractivity contribution < 1.29 is 14.3 Å². The van der Waals surface area contributed by atoms with E-state index in [1.54, 1.807) is 58.9 Å². The molecule has 2 N–H and O–H groups in total. The van der Waals surface area contributed by atoms with Crippen molar-refractivity contribution in [3.63, 3.8) is 0 Å². The summed E-state index contributed by atoms with van der Waals surface area (Å²) in [6, 6.07) is 6.21. The van der Waals surface area contributed by atoms with Crippen molar-refractivity contribution in [1.82, 2.24) is 5.32 Å². The van der Waals surface area contributed by atoms with Gasteiger partial charge in [-0.15, -0.1) is 0 Å². The predicted octanol–water partition coefficient (Wildman–Crippen LogP) is 4.25. The van der Waals surface area contributed by atoms with Gasteiger partial charge in [0.15, 0.2) is 0 Å². The van der Waals surface area contributed by atoms with Crippen LogP contribution in [0.3, 0.4) is 0 Å². The molecule has 7 heteroatoms. The summed E-state index contributed by atoms with van der Waals surface area (Å²) < 4.78 is 5.03. The molecule has 0 aliphatic carbocycles. The van der Waals surface area contributed by atoms with Gasteiger partial charge in [-0.25, -0.2) is 14.6 Å². The Morgan fingerprint density at radius 2 is 1.96 bits per heavy atom. The number of carbonyl (C=O) groups excluding carboxylic acids is 2. The first-order valence-electron chi connectivity index (χ1n) is 7.21. The van der Waals surface area contributed by atoms with Gasteiger partial charge in [-0.3, -0.25) is 0 Å². The molecule has 23 heavy (non-hydrogen) atoms. The normalized spacial score (nSPS) is 12.0. The lowest BCUT2D eigenvalue weighted by Gasteiger charge is -2.26. The highest BCUT2D eigenvalue weighted by atomic mass is 35.5. The molecule has 0 bridgehead atoms. The van der Waals surface area contributed by atoms with E-state index in [9.17, 15) is 9.59 Å². The second kappa shape index (κ2) is 7.97. The van der Waals surface area contributed by atoms with Gasteiger partial charge in [0.1, 0.15) is 0 Å². The highest BCUT2D eigenvalue weighted by Gasteiger charge is 2.26. The Kier molecular flexibility index (Phi) is 6.57. The number of hydrogen-bond acceptors (Lipinski definition) is 3. The molecule has 1 aromatic rings. The van der Waals surface area contributed by atoms with Crippen molar-refractivity contribution in [3.8, 4) is 0 Å². The molecule has 6 nitrogen and oxygen atoms in total. The van der Waals surface area contributed by atoms with Crippen LogP contribution in [0.25, 0.3) is 0 Å². The van der Waals surface area contributed by atoms with Crippen molar-refractivity contribution in [2.75, 3.05) is 5.32 Å². The molecule has 0 aromatic heterocycles. The Labute approximate surface area is 141 Å². The molecule has 0 aliphatic rings. The number of alkyl carbamates (subject to hydrolysis) is 1. The van der Waals surface area contributed by atoms with E-state index in [4.69, 9.17) is 16.3 Å². The number of anilines is 1. The first kappa shape index (κ1) is 19.0. The summed E-state index contributed by atoms with van der Waals surface area (Å²) in [7, 11) is 0. The van der Waals surface area contributed by atoms with Crippen molar-refractivity contribution in [3.05, 3.63) is 29.3 Å². The van der Waals surface area contributed by atoms with E-state index < -0.39 is 17.7 Å². The molecule has 0 unspecified atom stereocenters. The average molecular weight is 340 g/mol. The minimum absolute atomic E-state index is 0.228. The maximum absolute atomic E-state index is 12.0. The van der Waals surface area contributed by atoms with E-state index >= 15 is 0 Å². The van der Waals surface area contributed by atoms with Crippen molar-refractivity contribution in [2.24, 2.45) is 4.99 Å². The summed E-state index contributed by atoms with van der Waals surface area (Å²) in [6.07, 6.45) is -0.788. The van der Waals surface area contributed by atoms with E-state index in [0.717, 1.165) is 0 Å². The quantitative estimate of drug-likeness (QED) is 0.805. The van der Waals surface area contributed by atoms with Crippen molar-refractivity contribution >= 4 is 35.1 Å². The molecule has 0 aliphatic heterocycles. The molecule has 0 heterocycles. The van der Waals surface area contributed by atoms with Gasteiger partial charge >= 0.3 is 12.1 Å². The Hall–Kier alpha value is -2.08. The molecule has 0 radical (unpaired) electrons. The van der Waals surface area contributed by atoms with E-state index in [0.29, 0.717) is 16.4 Å². The minimum atomic E-state index is -0.822. The zero-order valence-corrected chi connectivity index (χ0v) is 14.7. The lowest BCUT2D eigenvalue weighted by Crippen LogP contribution is -2.49. The lowest BCUT2D eigenvalue weighted by atomic mass is 10.00. The third kappa shape index (κ3) is 6.69. The number of halogens is 1. The first-order chi connectivity index (χ1) is 10.6. The maximum Gasteiger partial charge on any atom is 0.408 e. The Morgan fingerprint density at radius 3 is 2.52 bits per heavy atom. The number of urea groups is 1. The van der Waals surface area contributed by atoms with Gasteiger partial charge in [-0.05, 0) is 52.8 Å². The number of benzene rings is 1. The smallest absolute Gasteiger partial charge is 0.408 e. The number of carbonyl (C=O) groups is 2. The number of ether oxygens (including phenoxy) is 1. The predicted molar refractivity (Wildman–Crippen MR) is 92.4 cm³/mol. The Bertz CT molecular complexity index is 612. The number of hydrogen-bond donors (Lipinski definition) is 2. The fourth-order valence-corrected chi connectivity index (χ4v) is 1.79. The molecule has 0 spiro atoms. The lowest BCUT2D eigenvalue weighted by molar-refractivity contribution is 0.111. The van der Waals surface area contributed by atoms with Gasteiger partial charge in [-0.2, -0.15) is 0 Å². The van der Waals surface area contributed by atoms with Crippen LogP contribution in [-0.2, 0) is 4.74 Å². The molecular formula is C16H22ClN3O3. The standard InChI is InChI=1S/C16H22ClN3O3/c1-10(2)23-15(22)20-16(4,5)11(3)18-14(21)19-13-8-6-7-12(17)9-13/h6-10H,1-5H3,(H,19,21)(H,20,22). The first-order valence-corrected chi connectivity index (χ1v) is 7.59. The number of nitrogens with one attached hydrogen (secondary N) is 2. The summed E-state index contributed by atoms with van der Waals surface area (Å²) in [5, 5.41) is 5.80. The third-order valence-corrected chi connectivity index (χ3v) is 3.24. The second-order valence-electron chi connectivity index (χ2n) is 5.84. The summed E-state index contributed by atoms with van der Waals surface area (Å²) >= 11 is 5.86. The highest BCUT2D eigenvalue weighted by Crippen LogP contribution is 2.15. The van der Waals surface area contributed by atoms with Gasteiger partial charge in [0, 0.05) is 16.4 Å².